The molecule has 5 nitrogen and oxygen atoms in total. The maximum Gasteiger partial charge on any atom is 0.331 e. The molecule has 0 spiro atoms. The van der Waals surface area contributed by atoms with Crippen LogP contribution in [0.15, 0.2) is 82.2 Å². The lowest BCUT2D eigenvalue weighted by atomic mass is 10.0. The average Bonchev–Trinajstić information content (AvgIpc) is 2.76. The lowest BCUT2D eigenvalue weighted by Gasteiger charge is -2.06. The van der Waals surface area contributed by atoms with Gasteiger partial charge in [-0.15, -0.1) is 0 Å². The molecule has 1 aromatic heterocycles. The SMILES string of the molecule is CC(C)c1ccc(/C=C/C(=O)OCc2cc(=O)c(OCc3ccccc3)co2)cc1. The van der Waals surface area contributed by atoms with Crippen molar-refractivity contribution in [2.45, 2.75) is 33.0 Å². The highest BCUT2D eigenvalue weighted by Gasteiger charge is 2.07. The molecule has 0 N–H and O–H groups in total. The molecule has 2 aromatic carbocycles. The van der Waals surface area contributed by atoms with Crippen molar-refractivity contribution in [1.29, 1.82) is 0 Å². The summed E-state index contributed by atoms with van der Waals surface area (Å²) in [6, 6.07) is 18.7. The molecule has 0 saturated carbocycles. The van der Waals surface area contributed by atoms with E-state index in [1.807, 2.05) is 54.6 Å². The van der Waals surface area contributed by atoms with E-state index >= 15 is 0 Å². The van der Waals surface area contributed by atoms with E-state index in [1.54, 1.807) is 6.08 Å². The predicted octanol–water partition coefficient (Wildman–Crippen LogP) is 5.10. The maximum atomic E-state index is 12.2. The number of rotatable bonds is 8. The van der Waals surface area contributed by atoms with E-state index < -0.39 is 5.97 Å². The topological polar surface area (TPSA) is 65.7 Å². The molecule has 0 aliphatic carbocycles. The summed E-state index contributed by atoms with van der Waals surface area (Å²) in [5.41, 5.74) is 2.76. The van der Waals surface area contributed by atoms with E-state index in [0.29, 0.717) is 5.92 Å². The van der Waals surface area contributed by atoms with Crippen LogP contribution in [0, 0.1) is 0 Å². The van der Waals surface area contributed by atoms with Crippen molar-refractivity contribution >= 4 is 12.0 Å². The Hall–Kier alpha value is -3.60. The Bertz CT molecular complexity index is 1050. The summed E-state index contributed by atoms with van der Waals surface area (Å²) in [7, 11) is 0. The zero-order valence-corrected chi connectivity index (χ0v) is 17.0. The van der Waals surface area contributed by atoms with Crippen LogP contribution in [0.5, 0.6) is 5.75 Å². The molecular formula is C25H24O5. The second kappa shape index (κ2) is 10.3. The van der Waals surface area contributed by atoms with Crippen molar-refractivity contribution in [3.63, 3.8) is 0 Å². The highest BCUT2D eigenvalue weighted by atomic mass is 16.5. The second-order valence-corrected chi connectivity index (χ2v) is 7.11. The summed E-state index contributed by atoms with van der Waals surface area (Å²) < 4.78 is 16.0. The third kappa shape index (κ3) is 6.21. The minimum absolute atomic E-state index is 0.110. The maximum absolute atomic E-state index is 12.2. The normalized spacial score (nSPS) is 11.0. The Morgan fingerprint density at radius 2 is 1.77 bits per heavy atom. The van der Waals surface area contributed by atoms with Crippen LogP contribution < -0.4 is 10.2 Å². The van der Waals surface area contributed by atoms with Gasteiger partial charge in [-0.25, -0.2) is 4.79 Å². The van der Waals surface area contributed by atoms with E-state index in [-0.39, 0.29) is 30.2 Å². The Balaban J connectivity index is 1.50. The van der Waals surface area contributed by atoms with Crippen LogP contribution >= 0.6 is 0 Å². The fourth-order valence-corrected chi connectivity index (χ4v) is 2.70. The number of carbonyl (C=O) groups is 1. The van der Waals surface area contributed by atoms with Crippen molar-refractivity contribution in [3.8, 4) is 5.75 Å². The molecule has 5 heteroatoms. The number of hydrogen-bond donors (Lipinski definition) is 0. The Morgan fingerprint density at radius 3 is 2.43 bits per heavy atom. The lowest BCUT2D eigenvalue weighted by molar-refractivity contribution is -0.139. The first-order valence-electron chi connectivity index (χ1n) is 9.74. The molecule has 154 valence electrons. The average molecular weight is 404 g/mol. The van der Waals surface area contributed by atoms with Crippen LogP contribution in [0.2, 0.25) is 0 Å². The first-order chi connectivity index (χ1) is 14.5. The summed E-state index contributed by atoms with van der Waals surface area (Å²) in [6.45, 7) is 4.39. The van der Waals surface area contributed by atoms with Gasteiger partial charge in [-0.05, 0) is 28.7 Å². The minimum Gasteiger partial charge on any atom is -0.482 e. The quantitative estimate of drug-likeness (QED) is 0.386. The molecule has 0 saturated heterocycles. The second-order valence-electron chi connectivity index (χ2n) is 7.11. The Kier molecular flexibility index (Phi) is 7.22. The Morgan fingerprint density at radius 1 is 1.03 bits per heavy atom. The van der Waals surface area contributed by atoms with Gasteiger partial charge < -0.3 is 13.9 Å². The van der Waals surface area contributed by atoms with Gasteiger partial charge in [-0.2, -0.15) is 0 Å². The molecule has 0 bridgehead atoms. The monoisotopic (exact) mass is 404 g/mol. The predicted molar refractivity (Wildman–Crippen MR) is 115 cm³/mol. The smallest absolute Gasteiger partial charge is 0.331 e. The molecule has 0 fully saturated rings. The lowest BCUT2D eigenvalue weighted by Crippen LogP contribution is -2.09. The number of carbonyl (C=O) groups excluding carboxylic acids is 1. The van der Waals surface area contributed by atoms with Crippen molar-refractivity contribution < 1.29 is 18.7 Å². The van der Waals surface area contributed by atoms with Crippen LogP contribution in [-0.4, -0.2) is 5.97 Å². The molecule has 1 heterocycles. The van der Waals surface area contributed by atoms with Gasteiger partial charge in [0, 0.05) is 12.1 Å². The first-order valence-corrected chi connectivity index (χ1v) is 9.74. The highest BCUT2D eigenvalue weighted by molar-refractivity contribution is 5.87. The zero-order chi connectivity index (χ0) is 21.3. The van der Waals surface area contributed by atoms with Crippen LogP contribution in [0.4, 0.5) is 0 Å². The van der Waals surface area contributed by atoms with Gasteiger partial charge in [0.05, 0.1) is 0 Å². The van der Waals surface area contributed by atoms with E-state index in [4.69, 9.17) is 13.9 Å². The molecule has 30 heavy (non-hydrogen) atoms. The minimum atomic E-state index is -0.519. The summed E-state index contributed by atoms with van der Waals surface area (Å²) in [5.74, 6) is 0.293. The molecule has 0 radical (unpaired) electrons. The molecule has 0 atom stereocenters. The van der Waals surface area contributed by atoms with Gasteiger partial charge in [0.15, 0.2) is 0 Å². The van der Waals surface area contributed by atoms with Crippen molar-refractivity contribution in [1.82, 2.24) is 0 Å². The van der Waals surface area contributed by atoms with Crippen LogP contribution in [-0.2, 0) is 22.7 Å². The van der Waals surface area contributed by atoms with Gasteiger partial charge in [-0.3, -0.25) is 4.79 Å². The van der Waals surface area contributed by atoms with Crippen LogP contribution in [0.25, 0.3) is 6.08 Å². The van der Waals surface area contributed by atoms with E-state index in [2.05, 4.69) is 13.8 Å². The van der Waals surface area contributed by atoms with Gasteiger partial charge in [-0.1, -0.05) is 68.4 Å². The number of ether oxygens (including phenoxy) is 2. The van der Waals surface area contributed by atoms with E-state index in [9.17, 15) is 9.59 Å². The standard InChI is InChI=1S/C25H24O5/c1-18(2)21-11-8-19(9-12-21)10-13-25(27)30-16-22-14-23(26)24(17-28-22)29-15-20-6-4-3-5-7-20/h3-14,17-18H,15-16H2,1-2H3/b13-10+. The summed E-state index contributed by atoms with van der Waals surface area (Å²) in [4.78, 5) is 24.1. The highest BCUT2D eigenvalue weighted by Crippen LogP contribution is 2.15. The fraction of sp³-hybridized carbons (Fsp3) is 0.200. The van der Waals surface area contributed by atoms with Crippen molar-refractivity contribution in [3.05, 3.63) is 106 Å². The summed E-state index contributed by atoms with van der Waals surface area (Å²) >= 11 is 0. The van der Waals surface area contributed by atoms with Crippen molar-refractivity contribution in [2.24, 2.45) is 0 Å². The van der Waals surface area contributed by atoms with Crippen LogP contribution in [0.1, 0.15) is 42.2 Å². The number of benzene rings is 2. The molecule has 0 amide bonds. The van der Waals surface area contributed by atoms with Gasteiger partial charge in [0.1, 0.15) is 25.2 Å². The number of hydrogen-bond acceptors (Lipinski definition) is 5. The largest absolute Gasteiger partial charge is 0.482 e. The van der Waals surface area contributed by atoms with Gasteiger partial charge >= 0.3 is 5.97 Å². The Labute approximate surface area is 175 Å². The third-order valence-corrected chi connectivity index (χ3v) is 4.46. The first kappa shape index (κ1) is 21.1. The fourth-order valence-electron chi connectivity index (χ4n) is 2.70. The molecular weight excluding hydrogens is 380 g/mol. The van der Waals surface area contributed by atoms with Crippen LogP contribution in [0.3, 0.4) is 0 Å². The molecule has 3 rings (SSSR count). The zero-order valence-electron chi connectivity index (χ0n) is 17.0. The summed E-state index contributed by atoms with van der Waals surface area (Å²) in [5, 5.41) is 0. The molecule has 0 aliphatic rings. The van der Waals surface area contributed by atoms with Crippen molar-refractivity contribution in [2.75, 3.05) is 0 Å². The van der Waals surface area contributed by atoms with E-state index in [1.165, 1.54) is 24.0 Å². The van der Waals surface area contributed by atoms with Gasteiger partial charge in [0.2, 0.25) is 11.2 Å². The molecule has 0 aliphatic heterocycles. The van der Waals surface area contributed by atoms with E-state index in [0.717, 1.165) is 11.1 Å². The molecule has 3 aromatic rings. The van der Waals surface area contributed by atoms with Gasteiger partial charge in [0.25, 0.3) is 0 Å². The summed E-state index contributed by atoms with van der Waals surface area (Å²) in [6.07, 6.45) is 4.27. The molecule has 0 unspecified atom stereocenters. The number of esters is 1. The third-order valence-electron chi connectivity index (χ3n) is 4.46.